The molecule has 0 spiro atoms. The van der Waals surface area contributed by atoms with Crippen LogP contribution in [0.15, 0.2) is 24.3 Å². The Kier molecular flexibility index (Phi) is 4.27. The van der Waals surface area contributed by atoms with Crippen LogP contribution in [0.4, 0.5) is 5.69 Å². The molecule has 1 saturated carbocycles. The quantitative estimate of drug-likeness (QED) is 0.894. The summed E-state index contributed by atoms with van der Waals surface area (Å²) in [7, 11) is 0. The standard InChI is InChI=1S/C19H25N3O2/c23-18(13-1-2-13)21-17-5-3-14(4-6-17)19(24)22-9-7-15-11-20-12-16(15)8-10-22/h3-6,13,15-16,20H,1-2,7-12H2,(H,21,23)/t15-,16+. The zero-order chi connectivity index (χ0) is 16.5. The van der Waals surface area contributed by atoms with Gasteiger partial charge in [-0.3, -0.25) is 9.59 Å². The molecular formula is C19H25N3O2. The Morgan fingerprint density at radius 3 is 2.17 bits per heavy atom. The average molecular weight is 327 g/mol. The van der Waals surface area contributed by atoms with E-state index in [2.05, 4.69) is 10.6 Å². The van der Waals surface area contributed by atoms with Gasteiger partial charge in [0.15, 0.2) is 0 Å². The molecule has 2 heterocycles. The van der Waals surface area contributed by atoms with Gasteiger partial charge in [-0.2, -0.15) is 0 Å². The van der Waals surface area contributed by atoms with Gasteiger partial charge in [-0.1, -0.05) is 0 Å². The van der Waals surface area contributed by atoms with E-state index in [4.69, 9.17) is 0 Å². The average Bonchev–Trinajstić information content (AvgIpc) is 3.39. The molecule has 1 aromatic carbocycles. The topological polar surface area (TPSA) is 61.4 Å². The Balaban J connectivity index is 1.37. The smallest absolute Gasteiger partial charge is 0.253 e. The van der Waals surface area contributed by atoms with Gasteiger partial charge in [0.05, 0.1) is 0 Å². The van der Waals surface area contributed by atoms with E-state index < -0.39 is 0 Å². The first kappa shape index (κ1) is 15.6. The van der Waals surface area contributed by atoms with Crippen molar-refractivity contribution in [2.45, 2.75) is 25.7 Å². The van der Waals surface area contributed by atoms with Crippen LogP contribution in [0.5, 0.6) is 0 Å². The van der Waals surface area contributed by atoms with E-state index in [-0.39, 0.29) is 17.7 Å². The number of nitrogens with zero attached hydrogens (tertiary/aromatic N) is 1. The van der Waals surface area contributed by atoms with Gasteiger partial charge >= 0.3 is 0 Å². The Hall–Kier alpha value is -1.88. The molecule has 5 nitrogen and oxygen atoms in total. The van der Waals surface area contributed by atoms with Crippen LogP contribution in [0.25, 0.3) is 0 Å². The minimum atomic E-state index is 0.0988. The van der Waals surface area contributed by atoms with Crippen molar-refractivity contribution in [3.05, 3.63) is 29.8 Å². The summed E-state index contributed by atoms with van der Waals surface area (Å²) in [5, 5.41) is 6.38. The third-order valence-electron chi connectivity index (χ3n) is 5.65. The number of hydrogen-bond donors (Lipinski definition) is 2. The predicted octanol–water partition coefficient (Wildman–Crippen LogP) is 2.11. The summed E-state index contributed by atoms with van der Waals surface area (Å²) in [6.45, 7) is 3.90. The van der Waals surface area contributed by atoms with Crippen LogP contribution in [0.2, 0.25) is 0 Å². The first-order chi connectivity index (χ1) is 11.7. The lowest BCUT2D eigenvalue weighted by molar-refractivity contribution is -0.117. The van der Waals surface area contributed by atoms with Crippen molar-refractivity contribution in [1.82, 2.24) is 10.2 Å². The number of anilines is 1. The highest BCUT2D eigenvalue weighted by Crippen LogP contribution is 2.30. The van der Waals surface area contributed by atoms with Crippen LogP contribution >= 0.6 is 0 Å². The van der Waals surface area contributed by atoms with Crippen molar-refractivity contribution in [3.8, 4) is 0 Å². The van der Waals surface area contributed by atoms with Crippen molar-refractivity contribution in [2.75, 3.05) is 31.5 Å². The molecule has 5 heteroatoms. The molecule has 24 heavy (non-hydrogen) atoms. The minimum absolute atomic E-state index is 0.0988. The Labute approximate surface area is 142 Å². The van der Waals surface area contributed by atoms with Gasteiger partial charge in [0.1, 0.15) is 0 Å². The van der Waals surface area contributed by atoms with Crippen molar-refractivity contribution in [1.29, 1.82) is 0 Å². The summed E-state index contributed by atoms with van der Waals surface area (Å²) in [5.41, 5.74) is 1.49. The van der Waals surface area contributed by atoms with Gasteiger partial charge in [0.25, 0.3) is 5.91 Å². The van der Waals surface area contributed by atoms with E-state index in [9.17, 15) is 9.59 Å². The zero-order valence-electron chi connectivity index (χ0n) is 14.0. The number of nitrogens with one attached hydrogen (secondary N) is 2. The summed E-state index contributed by atoms with van der Waals surface area (Å²) in [6, 6.07) is 7.34. The fourth-order valence-corrected chi connectivity index (χ4v) is 3.89. The number of hydrogen-bond acceptors (Lipinski definition) is 3. The molecule has 2 aliphatic heterocycles. The lowest BCUT2D eigenvalue weighted by Crippen LogP contribution is -2.32. The van der Waals surface area contributed by atoms with Gasteiger partial charge in [-0.05, 0) is 74.9 Å². The minimum Gasteiger partial charge on any atom is -0.339 e. The molecule has 1 aromatic rings. The summed E-state index contributed by atoms with van der Waals surface area (Å²) in [6.07, 6.45) is 4.18. The molecule has 3 fully saturated rings. The molecule has 3 aliphatic rings. The number of carbonyl (C=O) groups excluding carboxylic acids is 2. The molecule has 4 rings (SSSR count). The second kappa shape index (κ2) is 6.55. The van der Waals surface area contributed by atoms with Crippen LogP contribution in [-0.4, -0.2) is 42.9 Å². The first-order valence-corrected chi connectivity index (χ1v) is 9.11. The normalized spacial score (nSPS) is 26.6. The maximum absolute atomic E-state index is 12.7. The lowest BCUT2D eigenvalue weighted by atomic mass is 9.92. The molecule has 128 valence electrons. The molecule has 2 atom stereocenters. The van der Waals surface area contributed by atoms with Crippen LogP contribution in [0.1, 0.15) is 36.0 Å². The van der Waals surface area contributed by atoms with E-state index in [1.165, 1.54) is 0 Å². The van der Waals surface area contributed by atoms with Crippen LogP contribution < -0.4 is 10.6 Å². The third-order valence-corrected chi connectivity index (χ3v) is 5.65. The predicted molar refractivity (Wildman–Crippen MR) is 92.8 cm³/mol. The second-order valence-electron chi connectivity index (χ2n) is 7.39. The van der Waals surface area contributed by atoms with E-state index >= 15 is 0 Å². The van der Waals surface area contributed by atoms with Gasteiger partial charge in [-0.15, -0.1) is 0 Å². The van der Waals surface area contributed by atoms with Crippen molar-refractivity contribution in [3.63, 3.8) is 0 Å². The largest absolute Gasteiger partial charge is 0.339 e. The van der Waals surface area contributed by atoms with Crippen LogP contribution in [0, 0.1) is 17.8 Å². The Morgan fingerprint density at radius 2 is 1.58 bits per heavy atom. The lowest BCUT2D eigenvalue weighted by Gasteiger charge is -2.21. The molecule has 1 aliphatic carbocycles. The molecule has 0 radical (unpaired) electrons. The van der Waals surface area contributed by atoms with Gasteiger partial charge in [0, 0.05) is 30.3 Å². The van der Waals surface area contributed by atoms with Gasteiger partial charge in [0.2, 0.25) is 5.91 Å². The van der Waals surface area contributed by atoms with Gasteiger partial charge < -0.3 is 15.5 Å². The highest BCUT2D eigenvalue weighted by atomic mass is 16.2. The molecule has 0 bridgehead atoms. The molecule has 2 saturated heterocycles. The number of rotatable bonds is 3. The fraction of sp³-hybridized carbons (Fsp3) is 0.579. The van der Waals surface area contributed by atoms with E-state index in [1.54, 1.807) is 0 Å². The van der Waals surface area contributed by atoms with Crippen molar-refractivity contribution >= 4 is 17.5 Å². The highest BCUT2D eigenvalue weighted by Gasteiger charge is 2.32. The summed E-state index contributed by atoms with van der Waals surface area (Å²) in [5.74, 6) is 1.85. The number of amides is 2. The second-order valence-corrected chi connectivity index (χ2v) is 7.39. The highest BCUT2D eigenvalue weighted by molar-refractivity contribution is 5.96. The van der Waals surface area contributed by atoms with Crippen molar-refractivity contribution in [2.24, 2.45) is 17.8 Å². The summed E-state index contributed by atoms with van der Waals surface area (Å²) < 4.78 is 0. The molecule has 0 aromatic heterocycles. The maximum atomic E-state index is 12.7. The number of likely N-dealkylation sites (tertiary alicyclic amines) is 1. The van der Waals surface area contributed by atoms with E-state index in [0.29, 0.717) is 5.56 Å². The Bertz CT molecular complexity index is 610. The number of benzene rings is 1. The molecule has 2 N–H and O–H groups in total. The molecular weight excluding hydrogens is 302 g/mol. The van der Waals surface area contributed by atoms with Crippen LogP contribution in [-0.2, 0) is 4.79 Å². The van der Waals surface area contributed by atoms with E-state index in [0.717, 1.165) is 69.4 Å². The summed E-state index contributed by atoms with van der Waals surface area (Å²) in [4.78, 5) is 26.5. The fourth-order valence-electron chi connectivity index (χ4n) is 3.89. The number of carbonyl (C=O) groups is 2. The van der Waals surface area contributed by atoms with Gasteiger partial charge in [-0.25, -0.2) is 0 Å². The van der Waals surface area contributed by atoms with Crippen molar-refractivity contribution < 1.29 is 9.59 Å². The Morgan fingerprint density at radius 1 is 0.958 bits per heavy atom. The summed E-state index contributed by atoms with van der Waals surface area (Å²) >= 11 is 0. The zero-order valence-corrected chi connectivity index (χ0v) is 14.0. The SMILES string of the molecule is O=C(Nc1ccc(C(=O)N2CC[C@@H]3CNC[C@@H]3CC2)cc1)C1CC1. The monoisotopic (exact) mass is 327 g/mol. The third kappa shape index (κ3) is 3.31. The first-order valence-electron chi connectivity index (χ1n) is 9.11. The molecule has 0 unspecified atom stereocenters. The maximum Gasteiger partial charge on any atom is 0.253 e. The molecule has 2 amide bonds. The number of fused-ring (bicyclic) bond motifs is 1. The van der Waals surface area contributed by atoms with Crippen LogP contribution in [0.3, 0.4) is 0 Å². The van der Waals surface area contributed by atoms with E-state index in [1.807, 2.05) is 29.2 Å².